The van der Waals surface area contributed by atoms with Crippen LogP contribution in [0.1, 0.15) is 57.0 Å². The van der Waals surface area contributed by atoms with Gasteiger partial charge in [-0.15, -0.1) is 11.3 Å². The molecule has 2 amide bonds. The zero-order valence-corrected chi connectivity index (χ0v) is 15.7. The predicted molar refractivity (Wildman–Crippen MR) is 93.9 cm³/mol. The van der Waals surface area contributed by atoms with Gasteiger partial charge in [-0.2, -0.15) is 0 Å². The summed E-state index contributed by atoms with van der Waals surface area (Å²) in [5.74, 6) is -0.115. The number of nitrogens with zero attached hydrogens (tertiary/aromatic N) is 2. The molecule has 1 aromatic rings. The number of ether oxygens (including phenoxy) is 1. The summed E-state index contributed by atoms with van der Waals surface area (Å²) >= 11 is 1.53. The summed E-state index contributed by atoms with van der Waals surface area (Å²) in [6, 6.07) is -0.462. The van der Waals surface area contributed by atoms with E-state index in [4.69, 9.17) is 4.74 Å². The number of rotatable bonds is 3. The van der Waals surface area contributed by atoms with Gasteiger partial charge in [-0.3, -0.25) is 9.69 Å². The molecule has 2 heterocycles. The summed E-state index contributed by atoms with van der Waals surface area (Å²) in [5, 5.41) is 2.95. The Balaban J connectivity index is 2.03. The van der Waals surface area contributed by atoms with Crippen LogP contribution in [0.2, 0.25) is 0 Å². The zero-order valence-electron chi connectivity index (χ0n) is 14.9. The highest BCUT2D eigenvalue weighted by Gasteiger charge is 2.33. The lowest BCUT2D eigenvalue weighted by Crippen LogP contribution is -2.50. The number of carbonyl (C=O) groups excluding carboxylic acids is 2. The Kier molecular flexibility index (Phi) is 6.21. The Morgan fingerprint density at radius 2 is 2.12 bits per heavy atom. The maximum atomic E-state index is 12.7. The monoisotopic (exact) mass is 353 g/mol. The van der Waals surface area contributed by atoms with Crippen LogP contribution in [0.25, 0.3) is 0 Å². The van der Waals surface area contributed by atoms with Crippen molar-refractivity contribution in [2.24, 2.45) is 0 Å². The van der Waals surface area contributed by atoms with Crippen molar-refractivity contribution in [2.75, 3.05) is 6.54 Å². The van der Waals surface area contributed by atoms with E-state index in [1.807, 2.05) is 27.7 Å². The molecule has 0 aromatic carbocycles. The summed E-state index contributed by atoms with van der Waals surface area (Å²) in [6.45, 7) is 8.45. The zero-order chi connectivity index (χ0) is 17.7. The number of thiazole rings is 1. The van der Waals surface area contributed by atoms with Gasteiger partial charge in [0, 0.05) is 11.4 Å². The Bertz CT molecular complexity index is 580. The third-order valence-electron chi connectivity index (χ3n) is 3.95. The molecule has 0 radical (unpaired) electrons. The highest BCUT2D eigenvalue weighted by molar-refractivity contribution is 7.09. The number of amides is 2. The Labute approximate surface area is 147 Å². The summed E-state index contributed by atoms with van der Waals surface area (Å²) in [4.78, 5) is 32.0. The van der Waals surface area contributed by atoms with E-state index in [9.17, 15) is 9.59 Å². The van der Waals surface area contributed by atoms with Gasteiger partial charge in [0.2, 0.25) is 5.91 Å². The topological polar surface area (TPSA) is 71.5 Å². The van der Waals surface area contributed by atoms with Gasteiger partial charge >= 0.3 is 6.09 Å². The molecule has 6 nitrogen and oxygen atoms in total. The minimum atomic E-state index is -0.565. The Morgan fingerprint density at radius 3 is 2.75 bits per heavy atom. The minimum Gasteiger partial charge on any atom is -0.444 e. The highest BCUT2D eigenvalue weighted by atomic mass is 32.1. The highest BCUT2D eigenvalue weighted by Crippen LogP contribution is 2.21. The molecule has 1 unspecified atom stereocenters. The third kappa shape index (κ3) is 5.19. The Hall–Kier alpha value is -1.63. The van der Waals surface area contributed by atoms with Crippen molar-refractivity contribution in [1.29, 1.82) is 0 Å². The Morgan fingerprint density at radius 1 is 1.38 bits per heavy atom. The van der Waals surface area contributed by atoms with Crippen LogP contribution in [0.4, 0.5) is 4.79 Å². The first-order chi connectivity index (χ1) is 11.3. The van der Waals surface area contributed by atoms with Crippen molar-refractivity contribution in [3.8, 4) is 0 Å². The van der Waals surface area contributed by atoms with Crippen molar-refractivity contribution in [3.63, 3.8) is 0 Å². The van der Waals surface area contributed by atoms with Gasteiger partial charge in [-0.05, 0) is 40.5 Å². The lowest BCUT2D eigenvalue weighted by Gasteiger charge is -2.31. The lowest BCUT2D eigenvalue weighted by molar-refractivity contribution is -0.126. The lowest BCUT2D eigenvalue weighted by atomic mass is 10.1. The number of likely N-dealkylation sites (tertiary alicyclic amines) is 1. The minimum absolute atomic E-state index is 0.115. The molecule has 1 fully saturated rings. The second-order valence-electron chi connectivity index (χ2n) is 7.12. The maximum absolute atomic E-state index is 12.7. The fraction of sp³-hybridized carbons (Fsp3) is 0.706. The molecular weight excluding hydrogens is 326 g/mol. The van der Waals surface area contributed by atoms with Crippen LogP contribution >= 0.6 is 11.3 Å². The standard InChI is InChI=1S/C17H27N3O3S/c1-12-14(24-11-19-12)10-18-15(21)13-8-6-5-7-9-20(13)16(22)23-17(2,3)4/h11,13H,5-10H2,1-4H3,(H,18,21). The van der Waals surface area contributed by atoms with Gasteiger partial charge in [-0.1, -0.05) is 12.8 Å². The number of nitrogens with one attached hydrogen (secondary N) is 1. The second-order valence-corrected chi connectivity index (χ2v) is 8.06. The molecule has 1 aromatic heterocycles. The molecule has 0 bridgehead atoms. The number of aryl methyl sites for hydroxylation is 1. The molecule has 7 heteroatoms. The van der Waals surface area contributed by atoms with E-state index in [2.05, 4.69) is 10.3 Å². The second kappa shape index (κ2) is 7.96. The third-order valence-corrected chi connectivity index (χ3v) is 4.89. The average molecular weight is 353 g/mol. The molecule has 0 spiro atoms. The van der Waals surface area contributed by atoms with E-state index in [0.717, 1.165) is 29.8 Å². The number of hydrogen-bond acceptors (Lipinski definition) is 5. The fourth-order valence-corrected chi connectivity index (χ4v) is 3.42. The fourth-order valence-electron chi connectivity index (χ4n) is 2.70. The van der Waals surface area contributed by atoms with Crippen LogP contribution in [0.15, 0.2) is 5.51 Å². The number of carbonyl (C=O) groups is 2. The molecule has 1 aliphatic heterocycles. The van der Waals surface area contributed by atoms with Crippen LogP contribution in [0, 0.1) is 6.92 Å². The van der Waals surface area contributed by atoms with E-state index in [0.29, 0.717) is 19.5 Å². The molecule has 0 aliphatic carbocycles. The molecule has 1 aliphatic rings. The van der Waals surface area contributed by atoms with Crippen LogP contribution in [-0.4, -0.2) is 40.1 Å². The smallest absolute Gasteiger partial charge is 0.410 e. The molecular formula is C17H27N3O3S. The number of hydrogen-bond donors (Lipinski definition) is 1. The molecule has 2 rings (SSSR count). The van der Waals surface area contributed by atoms with Crippen molar-refractivity contribution < 1.29 is 14.3 Å². The van der Waals surface area contributed by atoms with Crippen LogP contribution in [0.5, 0.6) is 0 Å². The first-order valence-electron chi connectivity index (χ1n) is 8.44. The first kappa shape index (κ1) is 18.7. The van der Waals surface area contributed by atoms with Gasteiger partial charge in [0.15, 0.2) is 0 Å². The molecule has 24 heavy (non-hydrogen) atoms. The SMILES string of the molecule is Cc1ncsc1CNC(=O)C1CCCCCN1C(=O)OC(C)(C)C. The van der Waals surface area contributed by atoms with Gasteiger partial charge < -0.3 is 10.1 Å². The summed E-state index contributed by atoms with van der Waals surface area (Å²) < 4.78 is 5.48. The van der Waals surface area contributed by atoms with Gasteiger partial charge in [-0.25, -0.2) is 9.78 Å². The van der Waals surface area contributed by atoms with Crippen molar-refractivity contribution in [3.05, 3.63) is 16.1 Å². The maximum Gasteiger partial charge on any atom is 0.410 e. The van der Waals surface area contributed by atoms with E-state index in [-0.39, 0.29) is 5.91 Å². The van der Waals surface area contributed by atoms with Gasteiger partial charge in [0.25, 0.3) is 0 Å². The van der Waals surface area contributed by atoms with E-state index in [1.54, 1.807) is 10.4 Å². The quantitative estimate of drug-likeness (QED) is 0.905. The largest absolute Gasteiger partial charge is 0.444 e. The predicted octanol–water partition coefficient (Wildman–Crippen LogP) is 3.25. The van der Waals surface area contributed by atoms with Crippen LogP contribution in [0.3, 0.4) is 0 Å². The van der Waals surface area contributed by atoms with Crippen molar-refractivity contribution >= 4 is 23.3 Å². The van der Waals surface area contributed by atoms with Crippen molar-refractivity contribution in [2.45, 2.75) is 71.6 Å². The average Bonchev–Trinajstić information content (AvgIpc) is 2.74. The summed E-state index contributed by atoms with van der Waals surface area (Å²) in [5.41, 5.74) is 2.14. The molecule has 0 saturated carbocycles. The molecule has 134 valence electrons. The van der Waals surface area contributed by atoms with Crippen LogP contribution in [-0.2, 0) is 16.1 Å². The summed E-state index contributed by atoms with van der Waals surface area (Å²) in [6.07, 6.45) is 3.14. The molecule has 1 N–H and O–H groups in total. The van der Waals surface area contributed by atoms with E-state index in [1.165, 1.54) is 11.3 Å². The van der Waals surface area contributed by atoms with E-state index >= 15 is 0 Å². The van der Waals surface area contributed by atoms with E-state index < -0.39 is 17.7 Å². The molecule has 1 saturated heterocycles. The van der Waals surface area contributed by atoms with Crippen LogP contribution < -0.4 is 5.32 Å². The van der Waals surface area contributed by atoms with Gasteiger partial charge in [0.05, 0.1) is 17.7 Å². The first-order valence-corrected chi connectivity index (χ1v) is 9.32. The number of aromatic nitrogens is 1. The molecule has 1 atom stereocenters. The van der Waals surface area contributed by atoms with Gasteiger partial charge in [0.1, 0.15) is 11.6 Å². The van der Waals surface area contributed by atoms with Crippen molar-refractivity contribution in [1.82, 2.24) is 15.2 Å². The summed E-state index contributed by atoms with van der Waals surface area (Å²) in [7, 11) is 0. The normalized spacial score (nSPS) is 18.8.